The molecule has 2 aromatic carbocycles. The first-order chi connectivity index (χ1) is 14.0. The molecule has 0 radical (unpaired) electrons. The molecule has 4 nitrogen and oxygen atoms in total. The highest BCUT2D eigenvalue weighted by Crippen LogP contribution is 2.24. The maximum absolute atomic E-state index is 13.8. The first kappa shape index (κ1) is 21.7. The summed E-state index contributed by atoms with van der Waals surface area (Å²) in [7, 11) is 0. The smallest absolute Gasteiger partial charge is 0.253 e. The van der Waals surface area contributed by atoms with Crippen LogP contribution in [-0.4, -0.2) is 23.6 Å². The number of halogens is 2. The number of carbonyl (C=O) groups excluding carboxylic acids is 2. The van der Waals surface area contributed by atoms with Crippen molar-refractivity contribution < 1.29 is 14.0 Å². The average molecular weight is 435 g/mol. The van der Waals surface area contributed by atoms with Gasteiger partial charge in [0.15, 0.2) is 0 Å². The maximum atomic E-state index is 13.8. The molecule has 1 aliphatic rings. The van der Waals surface area contributed by atoms with Crippen molar-refractivity contribution in [2.45, 2.75) is 43.9 Å². The second-order valence-corrected chi connectivity index (χ2v) is 8.49. The van der Waals surface area contributed by atoms with Gasteiger partial charge < -0.3 is 10.6 Å². The Balaban J connectivity index is 1.55. The fraction of sp³-hybridized carbons (Fsp3) is 0.364. The summed E-state index contributed by atoms with van der Waals surface area (Å²) in [5, 5.41) is 6.22. The average Bonchev–Trinajstić information content (AvgIpc) is 2.71. The van der Waals surface area contributed by atoms with Gasteiger partial charge in [0.25, 0.3) is 5.91 Å². The van der Waals surface area contributed by atoms with Crippen molar-refractivity contribution in [3.8, 4) is 0 Å². The lowest BCUT2D eigenvalue weighted by molar-refractivity contribution is -0.113. The molecular weight excluding hydrogens is 411 g/mol. The van der Waals surface area contributed by atoms with Gasteiger partial charge >= 0.3 is 0 Å². The minimum atomic E-state index is -0.380. The van der Waals surface area contributed by atoms with Crippen LogP contribution in [0.3, 0.4) is 0 Å². The minimum absolute atomic E-state index is 0.128. The summed E-state index contributed by atoms with van der Waals surface area (Å²) < 4.78 is 13.8. The number of rotatable bonds is 7. The minimum Gasteiger partial charge on any atom is -0.349 e. The van der Waals surface area contributed by atoms with Gasteiger partial charge in [0.05, 0.1) is 17.0 Å². The monoisotopic (exact) mass is 434 g/mol. The molecule has 0 bridgehead atoms. The molecular formula is C22H24ClFN2O2S. The molecule has 0 spiro atoms. The Hall–Kier alpha value is -2.05. The van der Waals surface area contributed by atoms with Gasteiger partial charge in [-0.15, -0.1) is 11.8 Å². The van der Waals surface area contributed by atoms with E-state index in [1.54, 1.807) is 36.4 Å². The Morgan fingerprint density at radius 2 is 1.83 bits per heavy atom. The van der Waals surface area contributed by atoms with Crippen molar-refractivity contribution in [2.24, 2.45) is 0 Å². The molecule has 1 saturated carbocycles. The third-order valence-electron chi connectivity index (χ3n) is 4.93. The Bertz CT molecular complexity index is 851. The van der Waals surface area contributed by atoms with E-state index in [0.717, 1.165) is 25.7 Å². The highest BCUT2D eigenvalue weighted by Gasteiger charge is 2.19. The van der Waals surface area contributed by atoms with E-state index in [4.69, 9.17) is 11.6 Å². The quantitative estimate of drug-likeness (QED) is 0.612. The van der Waals surface area contributed by atoms with Gasteiger partial charge in [0.1, 0.15) is 5.82 Å². The predicted octanol–water partition coefficient (Wildman–Crippen LogP) is 5.41. The van der Waals surface area contributed by atoms with Crippen LogP contribution >= 0.6 is 23.4 Å². The zero-order valence-electron chi connectivity index (χ0n) is 16.0. The van der Waals surface area contributed by atoms with E-state index >= 15 is 0 Å². The summed E-state index contributed by atoms with van der Waals surface area (Å²) in [5.74, 6) is -0.375. The van der Waals surface area contributed by atoms with Crippen molar-refractivity contribution >= 4 is 40.9 Å². The van der Waals surface area contributed by atoms with Gasteiger partial charge in [0.2, 0.25) is 5.91 Å². The molecule has 0 aliphatic heterocycles. The van der Waals surface area contributed by atoms with Crippen LogP contribution in [-0.2, 0) is 10.5 Å². The predicted molar refractivity (Wildman–Crippen MR) is 117 cm³/mol. The molecule has 0 aromatic heterocycles. The van der Waals surface area contributed by atoms with E-state index in [2.05, 4.69) is 10.6 Å². The molecule has 2 aromatic rings. The van der Waals surface area contributed by atoms with Crippen molar-refractivity contribution in [2.75, 3.05) is 11.1 Å². The third-order valence-corrected chi connectivity index (χ3v) is 6.24. The molecule has 0 saturated heterocycles. The van der Waals surface area contributed by atoms with Gasteiger partial charge in [0, 0.05) is 22.4 Å². The second-order valence-electron chi connectivity index (χ2n) is 7.10. The van der Waals surface area contributed by atoms with Crippen LogP contribution < -0.4 is 10.6 Å². The number of nitrogens with one attached hydrogen (secondary N) is 2. The van der Waals surface area contributed by atoms with Gasteiger partial charge in [-0.25, -0.2) is 4.39 Å². The fourth-order valence-electron chi connectivity index (χ4n) is 3.40. The molecule has 2 amide bonds. The zero-order chi connectivity index (χ0) is 20.6. The number of amides is 2. The number of carbonyl (C=O) groups is 2. The topological polar surface area (TPSA) is 58.2 Å². The lowest BCUT2D eigenvalue weighted by Crippen LogP contribution is -2.36. The van der Waals surface area contributed by atoms with Crippen molar-refractivity contribution in [1.29, 1.82) is 0 Å². The SMILES string of the molecule is O=C(CSCc1c(F)cccc1Cl)Nc1ccccc1C(=O)NC1CCCCC1. The number of thioether (sulfide) groups is 1. The summed E-state index contributed by atoms with van der Waals surface area (Å²) in [5.41, 5.74) is 1.32. The third kappa shape index (κ3) is 6.21. The number of anilines is 1. The zero-order valence-corrected chi connectivity index (χ0v) is 17.6. The summed E-state index contributed by atoms with van der Waals surface area (Å²) in [6.07, 6.45) is 5.47. The summed E-state index contributed by atoms with van der Waals surface area (Å²) in [6.45, 7) is 0. The maximum Gasteiger partial charge on any atom is 0.253 e. The lowest BCUT2D eigenvalue weighted by Gasteiger charge is -2.23. The van der Waals surface area contributed by atoms with Gasteiger partial charge in [-0.3, -0.25) is 9.59 Å². The first-order valence-electron chi connectivity index (χ1n) is 9.75. The first-order valence-corrected chi connectivity index (χ1v) is 11.3. The molecule has 0 heterocycles. The van der Waals surface area contributed by atoms with Crippen LogP contribution in [0.5, 0.6) is 0 Å². The van der Waals surface area contributed by atoms with E-state index in [1.165, 1.54) is 24.2 Å². The van der Waals surface area contributed by atoms with Gasteiger partial charge in [-0.1, -0.05) is 49.1 Å². The highest BCUT2D eigenvalue weighted by molar-refractivity contribution is 7.99. The molecule has 1 fully saturated rings. The lowest BCUT2D eigenvalue weighted by atomic mass is 9.95. The van der Waals surface area contributed by atoms with Crippen LogP contribution in [0, 0.1) is 5.82 Å². The van der Waals surface area contributed by atoms with Crippen LogP contribution in [0.15, 0.2) is 42.5 Å². The standard InChI is InChI=1S/C22H24ClFN2O2S/c23-18-10-6-11-19(24)17(18)13-29-14-21(27)26-20-12-5-4-9-16(20)22(28)25-15-7-2-1-3-8-15/h4-6,9-12,15H,1-3,7-8,13-14H2,(H,25,28)(H,26,27). The molecule has 2 N–H and O–H groups in total. The van der Waals surface area contributed by atoms with Crippen LogP contribution in [0.25, 0.3) is 0 Å². The van der Waals surface area contributed by atoms with Crippen molar-refractivity contribution in [1.82, 2.24) is 5.32 Å². The molecule has 29 heavy (non-hydrogen) atoms. The molecule has 1 aliphatic carbocycles. The molecule has 0 unspecified atom stereocenters. The second kappa shape index (κ2) is 10.6. The van der Waals surface area contributed by atoms with Crippen LogP contribution in [0.4, 0.5) is 10.1 Å². The largest absolute Gasteiger partial charge is 0.349 e. The number of hydrogen-bond acceptors (Lipinski definition) is 3. The Kier molecular flexibility index (Phi) is 7.95. The molecule has 7 heteroatoms. The normalized spacial score (nSPS) is 14.4. The number of benzene rings is 2. The van der Waals surface area contributed by atoms with Crippen LogP contribution in [0.1, 0.15) is 48.0 Å². The highest BCUT2D eigenvalue weighted by atomic mass is 35.5. The van der Waals surface area contributed by atoms with E-state index in [9.17, 15) is 14.0 Å². The van der Waals surface area contributed by atoms with E-state index in [1.807, 2.05) is 0 Å². The van der Waals surface area contributed by atoms with Crippen molar-refractivity contribution in [3.05, 3.63) is 64.4 Å². The van der Waals surface area contributed by atoms with E-state index < -0.39 is 0 Å². The van der Waals surface area contributed by atoms with Crippen molar-refractivity contribution in [3.63, 3.8) is 0 Å². The Morgan fingerprint density at radius 3 is 2.59 bits per heavy atom. The molecule has 3 rings (SSSR count). The number of para-hydroxylation sites is 1. The van der Waals surface area contributed by atoms with Gasteiger partial charge in [-0.05, 0) is 37.1 Å². The number of hydrogen-bond donors (Lipinski definition) is 2. The van der Waals surface area contributed by atoms with Gasteiger partial charge in [-0.2, -0.15) is 0 Å². The Morgan fingerprint density at radius 1 is 1.07 bits per heavy atom. The van der Waals surface area contributed by atoms with Crippen LogP contribution in [0.2, 0.25) is 5.02 Å². The summed E-state index contributed by atoms with van der Waals surface area (Å²) >= 11 is 7.28. The fourth-order valence-corrected chi connectivity index (χ4v) is 4.57. The summed E-state index contributed by atoms with van der Waals surface area (Å²) in [4.78, 5) is 25.0. The molecule has 0 atom stereocenters. The van der Waals surface area contributed by atoms with E-state index in [-0.39, 0.29) is 29.4 Å². The molecule has 154 valence electrons. The Labute approximate surface area is 179 Å². The summed E-state index contributed by atoms with van der Waals surface area (Å²) in [6, 6.07) is 11.7. The van der Waals surface area contributed by atoms with E-state index in [0.29, 0.717) is 27.6 Å².